The molecule has 0 radical (unpaired) electrons. The van der Waals surface area contributed by atoms with Gasteiger partial charge in [0.2, 0.25) is 0 Å². The summed E-state index contributed by atoms with van der Waals surface area (Å²) in [5.74, 6) is -2.52. The van der Waals surface area contributed by atoms with E-state index in [-0.39, 0.29) is 18.7 Å². The number of Topliss-reactive ketones (excluding diaryl/α,β-unsaturated/α-hetero) is 1. The van der Waals surface area contributed by atoms with Gasteiger partial charge in [-0.3, -0.25) is 4.79 Å². The molecule has 6 heteroatoms. The molecule has 1 atom stereocenters. The summed E-state index contributed by atoms with van der Waals surface area (Å²) < 4.78 is 18.0. The highest BCUT2D eigenvalue weighted by atomic mass is 19.1. The third-order valence-electron chi connectivity index (χ3n) is 2.61. The average molecular weight is 262 g/mol. The minimum Gasteiger partial charge on any atom is -0.461 e. The smallest absolute Gasteiger partial charge is 0.357 e. The van der Waals surface area contributed by atoms with Crippen LogP contribution in [-0.2, 0) is 9.53 Å². The molecule has 1 aliphatic carbocycles. The zero-order valence-electron chi connectivity index (χ0n) is 9.95. The lowest BCUT2D eigenvalue weighted by atomic mass is 9.95. The molecule has 5 nitrogen and oxygen atoms in total. The first-order valence-corrected chi connectivity index (χ1v) is 5.70. The Kier molecular flexibility index (Phi) is 4.12. The Morgan fingerprint density at radius 1 is 1.47 bits per heavy atom. The summed E-state index contributed by atoms with van der Waals surface area (Å²) in [5.41, 5.74) is 0.145. The van der Waals surface area contributed by atoms with Gasteiger partial charge in [-0.2, -0.15) is 0 Å². The summed E-state index contributed by atoms with van der Waals surface area (Å²) in [4.78, 5) is 30.4. The molecule has 0 aromatic carbocycles. The Balaban J connectivity index is 1.82. The van der Waals surface area contributed by atoms with Gasteiger partial charge in [0.15, 0.2) is 17.3 Å². The van der Waals surface area contributed by atoms with E-state index in [0.29, 0.717) is 0 Å². The molecule has 0 bridgehead atoms. The molecule has 0 fully saturated rings. The van der Waals surface area contributed by atoms with Gasteiger partial charge in [-0.05, 0) is 18.6 Å². The Morgan fingerprint density at radius 2 is 2.32 bits per heavy atom. The van der Waals surface area contributed by atoms with Gasteiger partial charge < -0.3 is 4.74 Å². The summed E-state index contributed by atoms with van der Waals surface area (Å²) in [7, 11) is 0. The van der Waals surface area contributed by atoms with Crippen molar-refractivity contribution >= 4 is 11.8 Å². The number of carbonyl (C=O) groups excluding carboxylic acids is 2. The van der Waals surface area contributed by atoms with Crippen LogP contribution in [0.15, 0.2) is 42.6 Å². The molecule has 1 aromatic heterocycles. The van der Waals surface area contributed by atoms with Crippen molar-refractivity contribution in [1.29, 1.82) is 0 Å². The molecule has 0 aliphatic heterocycles. The third kappa shape index (κ3) is 3.31. The number of rotatable bonds is 4. The molecule has 0 saturated heterocycles. The molecule has 1 aromatic rings. The number of aromatic nitrogens is 2. The summed E-state index contributed by atoms with van der Waals surface area (Å²) in [6, 6.07) is 1.43. The molecule has 1 unspecified atom stereocenters. The second kappa shape index (κ2) is 5.99. The van der Waals surface area contributed by atoms with Crippen LogP contribution in [0.5, 0.6) is 0 Å². The van der Waals surface area contributed by atoms with Gasteiger partial charge >= 0.3 is 5.97 Å². The molecule has 0 saturated carbocycles. The van der Waals surface area contributed by atoms with Crippen LogP contribution in [0.25, 0.3) is 0 Å². The van der Waals surface area contributed by atoms with Crippen LogP contribution in [0, 0.1) is 5.92 Å². The van der Waals surface area contributed by atoms with Gasteiger partial charge in [0, 0.05) is 12.1 Å². The Labute approximate surface area is 108 Å². The second-order valence-electron chi connectivity index (χ2n) is 3.89. The number of hydrogen-bond donors (Lipinski definition) is 0. The van der Waals surface area contributed by atoms with Crippen LogP contribution in [0.4, 0.5) is 4.39 Å². The first-order chi connectivity index (χ1) is 9.18. The molecular formula is C13H11FN2O3. The highest BCUT2D eigenvalue weighted by Gasteiger charge is 2.22. The maximum Gasteiger partial charge on any atom is 0.357 e. The van der Waals surface area contributed by atoms with E-state index in [9.17, 15) is 14.0 Å². The van der Waals surface area contributed by atoms with Crippen molar-refractivity contribution in [3.8, 4) is 0 Å². The number of esters is 1. The Hall–Kier alpha value is -2.37. The monoisotopic (exact) mass is 262 g/mol. The predicted octanol–water partition coefficient (Wildman–Crippen LogP) is 1.63. The van der Waals surface area contributed by atoms with E-state index in [2.05, 4.69) is 9.97 Å². The molecule has 2 rings (SSSR count). The number of nitrogens with zero attached hydrogens (tertiary/aromatic N) is 2. The lowest BCUT2D eigenvalue weighted by Gasteiger charge is -2.12. The molecule has 0 N–H and O–H groups in total. The lowest BCUT2D eigenvalue weighted by Crippen LogP contribution is -2.18. The quantitative estimate of drug-likeness (QED) is 0.771. The van der Waals surface area contributed by atoms with Crippen LogP contribution in [0.3, 0.4) is 0 Å². The number of carbonyl (C=O) groups is 2. The average Bonchev–Trinajstić information content (AvgIpc) is 2.44. The van der Waals surface area contributed by atoms with E-state index < -0.39 is 23.5 Å². The van der Waals surface area contributed by atoms with Gasteiger partial charge in [-0.25, -0.2) is 19.2 Å². The zero-order chi connectivity index (χ0) is 13.7. The number of ether oxygens (including phenoxy) is 1. The molecular weight excluding hydrogens is 251 g/mol. The summed E-state index contributed by atoms with van der Waals surface area (Å²) >= 11 is 0. The van der Waals surface area contributed by atoms with Gasteiger partial charge in [-0.1, -0.05) is 12.2 Å². The van der Waals surface area contributed by atoms with Crippen molar-refractivity contribution in [3.05, 3.63) is 48.3 Å². The second-order valence-corrected chi connectivity index (χ2v) is 3.89. The maximum absolute atomic E-state index is 13.0. The number of allylic oxidation sites excluding steroid dienone is 4. The number of halogens is 1. The number of hydrogen-bond acceptors (Lipinski definition) is 5. The zero-order valence-corrected chi connectivity index (χ0v) is 9.95. The largest absolute Gasteiger partial charge is 0.461 e. The Morgan fingerprint density at radius 3 is 3.05 bits per heavy atom. The molecule has 0 spiro atoms. The first kappa shape index (κ1) is 13.1. The van der Waals surface area contributed by atoms with Crippen LogP contribution in [0.2, 0.25) is 0 Å². The van der Waals surface area contributed by atoms with Crippen LogP contribution >= 0.6 is 0 Å². The summed E-state index contributed by atoms with van der Waals surface area (Å²) in [6.45, 7) is 0.0247. The van der Waals surface area contributed by atoms with E-state index in [1.807, 2.05) is 0 Å². The minimum absolute atomic E-state index is 0.0247. The topological polar surface area (TPSA) is 69.2 Å². The first-order valence-electron chi connectivity index (χ1n) is 5.70. The van der Waals surface area contributed by atoms with Crippen molar-refractivity contribution in [2.75, 3.05) is 6.61 Å². The highest BCUT2D eigenvalue weighted by molar-refractivity contribution is 5.97. The van der Waals surface area contributed by atoms with Crippen molar-refractivity contribution in [2.45, 2.75) is 6.42 Å². The van der Waals surface area contributed by atoms with Gasteiger partial charge in [0.1, 0.15) is 6.33 Å². The van der Waals surface area contributed by atoms with Crippen LogP contribution in [-0.4, -0.2) is 28.3 Å². The van der Waals surface area contributed by atoms with Crippen molar-refractivity contribution in [3.63, 3.8) is 0 Å². The van der Waals surface area contributed by atoms with E-state index in [4.69, 9.17) is 4.74 Å². The number of ketones is 1. The fraction of sp³-hybridized carbons (Fsp3) is 0.231. The van der Waals surface area contributed by atoms with Crippen molar-refractivity contribution < 1.29 is 18.7 Å². The van der Waals surface area contributed by atoms with E-state index in [0.717, 1.165) is 6.08 Å². The lowest BCUT2D eigenvalue weighted by molar-refractivity contribution is -0.119. The van der Waals surface area contributed by atoms with Gasteiger partial charge in [0.05, 0.1) is 6.61 Å². The highest BCUT2D eigenvalue weighted by Crippen LogP contribution is 2.18. The van der Waals surface area contributed by atoms with Crippen LogP contribution < -0.4 is 0 Å². The van der Waals surface area contributed by atoms with Gasteiger partial charge in [-0.15, -0.1) is 0 Å². The predicted molar refractivity (Wildman–Crippen MR) is 63.8 cm³/mol. The van der Waals surface area contributed by atoms with E-state index in [1.54, 1.807) is 6.08 Å². The summed E-state index contributed by atoms with van der Waals surface area (Å²) in [5, 5.41) is 0. The fourth-order valence-corrected chi connectivity index (χ4v) is 1.61. The van der Waals surface area contributed by atoms with Gasteiger partial charge in [0.25, 0.3) is 0 Å². The molecule has 1 aliphatic rings. The van der Waals surface area contributed by atoms with E-state index >= 15 is 0 Å². The molecule has 1 heterocycles. The Bertz CT molecular complexity index is 540. The molecule has 0 amide bonds. The maximum atomic E-state index is 13.0. The normalized spacial score (nSPS) is 18.1. The van der Waals surface area contributed by atoms with Crippen molar-refractivity contribution in [1.82, 2.24) is 9.97 Å². The summed E-state index contributed by atoms with van der Waals surface area (Å²) in [6.07, 6.45) is 7.10. The van der Waals surface area contributed by atoms with Crippen LogP contribution in [0.1, 0.15) is 16.9 Å². The standard InChI is InChI=1S/C13H11FN2O3/c14-10-3-1-2-9(12(10)17)5-7-19-13(18)11-4-6-15-8-16-11/h1-4,6,8-9H,5,7H2. The molecule has 19 heavy (non-hydrogen) atoms. The van der Waals surface area contributed by atoms with E-state index in [1.165, 1.54) is 24.7 Å². The SMILES string of the molecule is O=C(OCCC1C=CC=C(F)C1=O)c1ccncn1. The molecule has 98 valence electrons. The fourth-order valence-electron chi connectivity index (χ4n) is 1.61. The van der Waals surface area contributed by atoms with Crippen molar-refractivity contribution in [2.24, 2.45) is 5.92 Å². The minimum atomic E-state index is -0.769. The third-order valence-corrected chi connectivity index (χ3v) is 2.61.